The Hall–Kier alpha value is -6.38. The molecule has 11 rings (SSSR count). The van der Waals surface area contributed by atoms with Crippen molar-refractivity contribution < 1.29 is 0 Å². The van der Waals surface area contributed by atoms with E-state index < -0.39 is 0 Å². The molecular weight excluding hydrogens is 653 g/mol. The van der Waals surface area contributed by atoms with E-state index in [1.807, 2.05) is 0 Å². The highest BCUT2D eigenvalue weighted by Crippen LogP contribution is 2.42. The number of hydrogen-bond acceptors (Lipinski definition) is 0. The third kappa shape index (κ3) is 4.94. The van der Waals surface area contributed by atoms with Crippen molar-refractivity contribution in [3.8, 4) is 16.8 Å². The maximum Gasteiger partial charge on any atom is 0.0541 e. The van der Waals surface area contributed by atoms with Gasteiger partial charge < -0.3 is 9.13 Å². The zero-order chi connectivity index (χ0) is 35.6. The molecule has 0 N–H and O–H groups in total. The molecule has 258 valence electrons. The molecule has 0 bridgehead atoms. The van der Waals surface area contributed by atoms with Crippen molar-refractivity contribution in [2.75, 3.05) is 0 Å². The van der Waals surface area contributed by atoms with Crippen molar-refractivity contribution in [1.29, 1.82) is 0 Å². The van der Waals surface area contributed by atoms with Crippen molar-refractivity contribution in [3.05, 3.63) is 193 Å². The lowest BCUT2D eigenvalue weighted by Gasteiger charge is -2.26. The molecule has 0 radical (unpaired) electrons. The summed E-state index contributed by atoms with van der Waals surface area (Å²) in [5.41, 5.74) is 14.7. The SMILES string of the molecule is C1=CCC(C2=C(C3=CC=C(n4c5ccccc5c5cc(-c6ccc7c(c6)c6ccccc6n7-c6cccc7ccccc67)ccc54)CC3)CCC=C2)C=C1. The topological polar surface area (TPSA) is 9.86 Å². The van der Waals surface area contributed by atoms with E-state index in [1.165, 1.54) is 88.0 Å². The molecule has 0 amide bonds. The number of para-hydroxylation sites is 2. The molecule has 2 nitrogen and oxygen atoms in total. The summed E-state index contributed by atoms with van der Waals surface area (Å²) in [4.78, 5) is 0. The van der Waals surface area contributed by atoms with Crippen LogP contribution in [0.3, 0.4) is 0 Å². The van der Waals surface area contributed by atoms with Crippen LogP contribution in [0.2, 0.25) is 0 Å². The van der Waals surface area contributed by atoms with Crippen molar-refractivity contribution in [1.82, 2.24) is 9.13 Å². The fourth-order valence-corrected chi connectivity index (χ4v) is 9.53. The summed E-state index contributed by atoms with van der Waals surface area (Å²) in [6.45, 7) is 0. The second-order valence-electron chi connectivity index (χ2n) is 15.0. The Morgan fingerprint density at radius 3 is 1.89 bits per heavy atom. The zero-order valence-electron chi connectivity index (χ0n) is 30.3. The minimum absolute atomic E-state index is 0.489. The third-order valence-corrected chi connectivity index (χ3v) is 12.1. The van der Waals surface area contributed by atoms with Crippen LogP contribution in [0, 0.1) is 5.92 Å². The monoisotopic (exact) mass is 692 g/mol. The van der Waals surface area contributed by atoms with Crippen LogP contribution in [0.5, 0.6) is 0 Å². The van der Waals surface area contributed by atoms with Gasteiger partial charge in [0.05, 0.1) is 27.8 Å². The number of allylic oxidation sites excluding steroid dienone is 12. The summed E-state index contributed by atoms with van der Waals surface area (Å²) >= 11 is 0. The average molecular weight is 693 g/mol. The number of nitrogens with zero attached hydrogens (tertiary/aromatic N) is 2. The normalized spacial score (nSPS) is 17.4. The Kier molecular flexibility index (Phi) is 7.30. The maximum absolute atomic E-state index is 2.52. The summed E-state index contributed by atoms with van der Waals surface area (Å²) in [6, 6.07) is 47.2. The third-order valence-electron chi connectivity index (χ3n) is 12.1. The van der Waals surface area contributed by atoms with Crippen LogP contribution in [0.4, 0.5) is 0 Å². The molecule has 6 aromatic carbocycles. The van der Waals surface area contributed by atoms with E-state index in [2.05, 4.69) is 185 Å². The number of aromatic nitrogens is 2. The van der Waals surface area contributed by atoms with Crippen LogP contribution < -0.4 is 0 Å². The van der Waals surface area contributed by atoms with Gasteiger partial charge in [-0.1, -0.05) is 127 Å². The molecule has 3 aliphatic carbocycles. The summed E-state index contributed by atoms with van der Waals surface area (Å²) < 4.78 is 4.96. The molecule has 0 aliphatic heterocycles. The van der Waals surface area contributed by atoms with E-state index in [0.717, 1.165) is 32.1 Å². The maximum atomic E-state index is 2.52. The van der Waals surface area contributed by atoms with E-state index >= 15 is 0 Å². The number of benzene rings is 6. The Morgan fingerprint density at radius 2 is 1.17 bits per heavy atom. The first-order valence-electron chi connectivity index (χ1n) is 19.5. The second-order valence-corrected chi connectivity index (χ2v) is 15.0. The van der Waals surface area contributed by atoms with Gasteiger partial charge in [0.1, 0.15) is 0 Å². The van der Waals surface area contributed by atoms with E-state index in [9.17, 15) is 0 Å². The van der Waals surface area contributed by atoms with E-state index in [-0.39, 0.29) is 0 Å². The van der Waals surface area contributed by atoms with Crippen LogP contribution in [0.15, 0.2) is 193 Å². The molecule has 8 aromatic rings. The lowest BCUT2D eigenvalue weighted by atomic mass is 9.80. The van der Waals surface area contributed by atoms with Crippen molar-refractivity contribution in [2.24, 2.45) is 5.92 Å². The van der Waals surface area contributed by atoms with Crippen molar-refractivity contribution >= 4 is 60.1 Å². The standard InChI is InChI=1S/C52H40N2/c1-2-13-35(14-3-1)41-17-6-7-18-42(41)37-25-29-40(30-26-37)53-49-22-10-8-20-44(49)46-33-38(27-31-51(46)53)39-28-32-52-47(34-39)45-21-9-11-23-50(45)54(52)48-24-12-16-36-15-4-5-19-43(36)48/h1-6,8-13,15-17,19-25,27-29,31-35H,7,14,18,26,30H2. The van der Waals surface area contributed by atoms with Gasteiger partial charge in [0.15, 0.2) is 0 Å². The predicted octanol–water partition coefficient (Wildman–Crippen LogP) is 14.1. The van der Waals surface area contributed by atoms with E-state index in [4.69, 9.17) is 0 Å². The lowest BCUT2D eigenvalue weighted by Crippen LogP contribution is -2.10. The molecule has 3 aliphatic rings. The highest BCUT2D eigenvalue weighted by Gasteiger charge is 2.22. The van der Waals surface area contributed by atoms with Crippen LogP contribution in [-0.2, 0) is 0 Å². The minimum Gasteiger partial charge on any atom is -0.313 e. The van der Waals surface area contributed by atoms with Gasteiger partial charge in [-0.05, 0) is 114 Å². The Labute approximate surface area is 315 Å². The molecule has 0 spiro atoms. The highest BCUT2D eigenvalue weighted by molar-refractivity contribution is 6.13. The summed E-state index contributed by atoms with van der Waals surface area (Å²) in [6.07, 6.45) is 24.1. The molecule has 1 unspecified atom stereocenters. The lowest BCUT2D eigenvalue weighted by molar-refractivity contribution is 0.748. The molecule has 0 saturated heterocycles. The Balaban J connectivity index is 1.02. The number of rotatable bonds is 5. The average Bonchev–Trinajstić information content (AvgIpc) is 3.76. The van der Waals surface area contributed by atoms with Gasteiger partial charge in [0.25, 0.3) is 0 Å². The summed E-state index contributed by atoms with van der Waals surface area (Å²) in [7, 11) is 0. The molecular formula is C52H40N2. The van der Waals surface area contributed by atoms with Crippen LogP contribution in [-0.4, -0.2) is 9.13 Å². The fourth-order valence-electron chi connectivity index (χ4n) is 9.53. The molecule has 1 atom stereocenters. The molecule has 0 saturated carbocycles. The fraction of sp³-hybridized carbons (Fsp3) is 0.115. The second kappa shape index (κ2) is 12.6. The minimum atomic E-state index is 0.489. The zero-order valence-corrected chi connectivity index (χ0v) is 30.3. The molecule has 2 aromatic heterocycles. The van der Waals surface area contributed by atoms with Gasteiger partial charge in [0, 0.05) is 38.5 Å². The van der Waals surface area contributed by atoms with Gasteiger partial charge in [-0.2, -0.15) is 0 Å². The van der Waals surface area contributed by atoms with Gasteiger partial charge in [0.2, 0.25) is 0 Å². The van der Waals surface area contributed by atoms with Gasteiger partial charge in [-0.15, -0.1) is 0 Å². The predicted molar refractivity (Wildman–Crippen MR) is 230 cm³/mol. The first-order valence-corrected chi connectivity index (χ1v) is 19.5. The molecule has 2 heteroatoms. The molecule has 2 heterocycles. The van der Waals surface area contributed by atoms with E-state index in [0.29, 0.717) is 5.92 Å². The summed E-state index contributed by atoms with van der Waals surface area (Å²) in [5.74, 6) is 0.489. The summed E-state index contributed by atoms with van der Waals surface area (Å²) in [5, 5.41) is 7.67. The largest absolute Gasteiger partial charge is 0.313 e. The highest BCUT2D eigenvalue weighted by atomic mass is 15.0. The van der Waals surface area contributed by atoms with Crippen LogP contribution >= 0.6 is 0 Å². The van der Waals surface area contributed by atoms with Gasteiger partial charge in [-0.25, -0.2) is 0 Å². The first kappa shape index (κ1) is 31.2. The smallest absolute Gasteiger partial charge is 0.0541 e. The number of hydrogen-bond donors (Lipinski definition) is 0. The van der Waals surface area contributed by atoms with Gasteiger partial charge in [-0.3, -0.25) is 0 Å². The quantitative estimate of drug-likeness (QED) is 0.170. The Bertz CT molecular complexity index is 3010. The Morgan fingerprint density at radius 1 is 0.500 bits per heavy atom. The van der Waals surface area contributed by atoms with Crippen LogP contribution in [0.1, 0.15) is 32.1 Å². The molecule has 54 heavy (non-hydrogen) atoms. The first-order chi connectivity index (χ1) is 26.8. The van der Waals surface area contributed by atoms with E-state index in [1.54, 1.807) is 5.57 Å². The molecule has 0 fully saturated rings. The van der Waals surface area contributed by atoms with Crippen molar-refractivity contribution in [2.45, 2.75) is 32.1 Å². The van der Waals surface area contributed by atoms with Gasteiger partial charge >= 0.3 is 0 Å². The van der Waals surface area contributed by atoms with Crippen LogP contribution in [0.25, 0.3) is 76.9 Å². The van der Waals surface area contributed by atoms with Crippen molar-refractivity contribution in [3.63, 3.8) is 0 Å². The number of fused-ring (bicyclic) bond motifs is 7.